The second-order valence-electron chi connectivity index (χ2n) is 5.58. The number of nitrogens with one attached hydrogen (secondary N) is 1. The number of aromatic nitrogens is 4. The highest BCUT2D eigenvalue weighted by molar-refractivity contribution is 5.63. The summed E-state index contributed by atoms with van der Waals surface area (Å²) in [5, 5.41) is 7.34. The molecule has 0 saturated heterocycles. The lowest BCUT2D eigenvalue weighted by Gasteiger charge is -2.08. The molecule has 0 aliphatic heterocycles. The van der Waals surface area contributed by atoms with Crippen LogP contribution in [-0.2, 0) is 6.54 Å². The Morgan fingerprint density at radius 3 is 2.39 bits per heavy atom. The van der Waals surface area contributed by atoms with Gasteiger partial charge in [0, 0.05) is 36.1 Å². The molecule has 4 rings (SSSR count). The summed E-state index contributed by atoms with van der Waals surface area (Å²) in [4.78, 5) is 8.27. The van der Waals surface area contributed by atoms with E-state index in [1.807, 2.05) is 26.0 Å². The minimum absolute atomic E-state index is 0.00536. The first-order valence-electron chi connectivity index (χ1n) is 8.74. The van der Waals surface area contributed by atoms with E-state index in [0.29, 0.717) is 17.5 Å². The van der Waals surface area contributed by atoms with Crippen LogP contribution in [0.4, 0.5) is 19.0 Å². The van der Waals surface area contributed by atoms with Crippen molar-refractivity contribution in [1.29, 1.82) is 0 Å². The number of hydrogen-bond donors (Lipinski definition) is 1. The van der Waals surface area contributed by atoms with Gasteiger partial charge >= 0.3 is 0 Å². The Kier molecular flexibility index (Phi) is 5.88. The summed E-state index contributed by atoms with van der Waals surface area (Å²) >= 11 is 0. The van der Waals surface area contributed by atoms with Crippen LogP contribution in [-0.4, -0.2) is 19.6 Å². The topological polar surface area (TPSA) is 55.1 Å². The SMILES string of the molecule is CC.Fc1cc(F)c(CNc2ccc3ncc(-c4ccncc4)n3n2)cc1F. The van der Waals surface area contributed by atoms with Gasteiger partial charge in [0.2, 0.25) is 0 Å². The fourth-order valence-electron chi connectivity index (χ4n) is 2.57. The summed E-state index contributed by atoms with van der Waals surface area (Å²) in [5.74, 6) is -2.69. The maximum atomic E-state index is 13.7. The maximum Gasteiger partial charge on any atom is 0.161 e. The molecule has 4 aromatic rings. The second kappa shape index (κ2) is 8.51. The first kappa shape index (κ1) is 19.3. The van der Waals surface area contributed by atoms with Crippen LogP contribution in [0.5, 0.6) is 0 Å². The van der Waals surface area contributed by atoms with Crippen molar-refractivity contribution in [3.63, 3.8) is 0 Å². The highest BCUT2D eigenvalue weighted by Gasteiger charge is 2.11. The summed E-state index contributed by atoms with van der Waals surface area (Å²) in [7, 11) is 0. The Labute approximate surface area is 159 Å². The van der Waals surface area contributed by atoms with Gasteiger partial charge in [0.05, 0.1) is 11.9 Å². The van der Waals surface area contributed by atoms with Crippen LogP contribution in [0.2, 0.25) is 0 Å². The summed E-state index contributed by atoms with van der Waals surface area (Å²) in [6.07, 6.45) is 5.03. The molecule has 144 valence electrons. The third-order valence-corrected chi connectivity index (χ3v) is 3.89. The number of benzene rings is 1. The zero-order valence-electron chi connectivity index (χ0n) is 15.3. The number of halogens is 3. The van der Waals surface area contributed by atoms with Crippen LogP contribution < -0.4 is 5.32 Å². The highest BCUT2D eigenvalue weighted by Crippen LogP contribution is 2.20. The number of anilines is 1. The van der Waals surface area contributed by atoms with Gasteiger partial charge in [-0.1, -0.05) is 13.8 Å². The monoisotopic (exact) mass is 385 g/mol. The molecule has 28 heavy (non-hydrogen) atoms. The molecule has 0 spiro atoms. The van der Waals surface area contributed by atoms with Crippen LogP contribution in [0.25, 0.3) is 16.9 Å². The lowest BCUT2D eigenvalue weighted by Crippen LogP contribution is -2.07. The van der Waals surface area contributed by atoms with Gasteiger partial charge < -0.3 is 5.32 Å². The Morgan fingerprint density at radius 1 is 0.929 bits per heavy atom. The molecule has 0 amide bonds. The number of hydrogen-bond acceptors (Lipinski definition) is 4. The third kappa shape index (κ3) is 3.95. The fourth-order valence-corrected chi connectivity index (χ4v) is 2.57. The molecule has 5 nitrogen and oxygen atoms in total. The smallest absolute Gasteiger partial charge is 0.161 e. The zero-order chi connectivity index (χ0) is 20.1. The van der Waals surface area contributed by atoms with Crippen LogP contribution in [0.15, 0.2) is 55.0 Å². The van der Waals surface area contributed by atoms with E-state index in [-0.39, 0.29) is 12.1 Å². The first-order valence-corrected chi connectivity index (χ1v) is 8.74. The predicted molar refractivity (Wildman–Crippen MR) is 101 cm³/mol. The van der Waals surface area contributed by atoms with Crippen LogP contribution in [0, 0.1) is 17.5 Å². The molecule has 3 aromatic heterocycles. The van der Waals surface area contributed by atoms with Crippen molar-refractivity contribution >= 4 is 11.5 Å². The summed E-state index contributed by atoms with van der Waals surface area (Å²) in [5.41, 5.74) is 2.31. The standard InChI is InChI=1S/C18H12F3N5.C2H6/c19-13-8-15(21)14(20)7-12(13)9-23-17-1-2-18-24-10-16(26(18)25-17)11-3-5-22-6-4-11;1-2/h1-8,10H,9H2,(H,23,25);1-2H3. The Bertz CT molecular complexity index is 1080. The number of rotatable bonds is 4. The van der Waals surface area contributed by atoms with Crippen molar-refractivity contribution in [3.8, 4) is 11.3 Å². The number of nitrogens with zero attached hydrogens (tertiary/aromatic N) is 4. The minimum atomic E-state index is -1.22. The van der Waals surface area contributed by atoms with Gasteiger partial charge in [-0.2, -0.15) is 0 Å². The molecule has 3 heterocycles. The lowest BCUT2D eigenvalue weighted by molar-refractivity contribution is 0.490. The molecule has 0 unspecified atom stereocenters. The Balaban J connectivity index is 0.00000109. The van der Waals surface area contributed by atoms with E-state index in [0.717, 1.165) is 17.3 Å². The Morgan fingerprint density at radius 2 is 1.64 bits per heavy atom. The number of pyridine rings is 1. The molecule has 8 heteroatoms. The molecule has 0 bridgehead atoms. The van der Waals surface area contributed by atoms with Crippen molar-refractivity contribution in [2.75, 3.05) is 5.32 Å². The summed E-state index contributed by atoms with van der Waals surface area (Å²) in [6, 6.07) is 8.46. The van der Waals surface area contributed by atoms with Crippen LogP contribution in [0.1, 0.15) is 19.4 Å². The van der Waals surface area contributed by atoms with E-state index >= 15 is 0 Å². The number of imidazole rings is 1. The van der Waals surface area contributed by atoms with Gasteiger partial charge in [-0.3, -0.25) is 4.98 Å². The molecule has 0 aliphatic rings. The highest BCUT2D eigenvalue weighted by atomic mass is 19.2. The minimum Gasteiger partial charge on any atom is -0.364 e. The predicted octanol–water partition coefficient (Wildman–Crippen LogP) is 4.85. The second-order valence-corrected chi connectivity index (χ2v) is 5.58. The fraction of sp³-hybridized carbons (Fsp3) is 0.150. The first-order chi connectivity index (χ1) is 13.6. The van der Waals surface area contributed by atoms with Gasteiger partial charge in [-0.25, -0.2) is 22.7 Å². The average Bonchev–Trinajstić information content (AvgIpc) is 3.15. The summed E-state index contributed by atoms with van der Waals surface area (Å²) in [6.45, 7) is 3.96. The van der Waals surface area contributed by atoms with Gasteiger partial charge in [0.1, 0.15) is 11.6 Å². The van der Waals surface area contributed by atoms with Crippen molar-refractivity contribution in [2.45, 2.75) is 20.4 Å². The quantitative estimate of drug-likeness (QED) is 0.511. The third-order valence-electron chi connectivity index (χ3n) is 3.89. The van der Waals surface area contributed by atoms with E-state index in [1.165, 1.54) is 0 Å². The number of fused-ring (bicyclic) bond motifs is 1. The van der Waals surface area contributed by atoms with Crippen LogP contribution >= 0.6 is 0 Å². The van der Waals surface area contributed by atoms with Crippen molar-refractivity contribution < 1.29 is 13.2 Å². The van der Waals surface area contributed by atoms with Crippen molar-refractivity contribution in [1.82, 2.24) is 19.6 Å². The molecular formula is C20H18F3N5. The van der Waals surface area contributed by atoms with E-state index in [2.05, 4.69) is 20.4 Å². The molecule has 0 aliphatic carbocycles. The molecule has 1 aromatic carbocycles. The average molecular weight is 385 g/mol. The zero-order valence-corrected chi connectivity index (χ0v) is 15.3. The van der Waals surface area contributed by atoms with E-state index < -0.39 is 17.5 Å². The normalized spacial score (nSPS) is 10.5. The Hall–Kier alpha value is -3.42. The largest absolute Gasteiger partial charge is 0.364 e. The molecule has 0 saturated carbocycles. The van der Waals surface area contributed by atoms with Crippen molar-refractivity contribution in [3.05, 3.63) is 78.0 Å². The van der Waals surface area contributed by atoms with E-state index in [1.54, 1.807) is 35.2 Å². The summed E-state index contributed by atoms with van der Waals surface area (Å²) < 4.78 is 41.7. The molecule has 0 atom stereocenters. The van der Waals surface area contributed by atoms with Crippen LogP contribution in [0.3, 0.4) is 0 Å². The molecular weight excluding hydrogens is 367 g/mol. The molecule has 1 N–H and O–H groups in total. The van der Waals surface area contributed by atoms with Gasteiger partial charge in [-0.05, 0) is 30.3 Å². The van der Waals surface area contributed by atoms with Crippen molar-refractivity contribution in [2.24, 2.45) is 0 Å². The van der Waals surface area contributed by atoms with E-state index in [9.17, 15) is 13.2 Å². The maximum absolute atomic E-state index is 13.7. The lowest BCUT2D eigenvalue weighted by atomic mass is 10.2. The molecule has 0 fully saturated rings. The molecule has 0 radical (unpaired) electrons. The van der Waals surface area contributed by atoms with Gasteiger partial charge in [0.25, 0.3) is 0 Å². The van der Waals surface area contributed by atoms with Gasteiger partial charge in [0.15, 0.2) is 17.3 Å². The van der Waals surface area contributed by atoms with E-state index in [4.69, 9.17) is 0 Å². The van der Waals surface area contributed by atoms with Gasteiger partial charge in [-0.15, -0.1) is 5.10 Å².